The summed E-state index contributed by atoms with van der Waals surface area (Å²) in [5, 5.41) is 3.31. The Labute approximate surface area is 111 Å². The molecule has 1 saturated heterocycles. The highest BCUT2D eigenvalue weighted by molar-refractivity contribution is 9.10. The van der Waals surface area contributed by atoms with Crippen LogP contribution in [0.25, 0.3) is 0 Å². The first-order chi connectivity index (χ1) is 7.29. The summed E-state index contributed by atoms with van der Waals surface area (Å²) < 4.78 is 7.09. The summed E-state index contributed by atoms with van der Waals surface area (Å²) >= 11 is 3.48. The maximum Gasteiger partial charge on any atom is 0.123 e. The second-order valence-electron chi connectivity index (χ2n) is 3.84. The highest BCUT2D eigenvalue weighted by atomic mass is 79.9. The first-order valence-electron chi connectivity index (χ1n) is 5.45. The van der Waals surface area contributed by atoms with Gasteiger partial charge in [0, 0.05) is 11.0 Å². The SMILES string of the molecule is CCc1cc(Br)ccc1OC1CCNC1.Cl. The van der Waals surface area contributed by atoms with Gasteiger partial charge in [-0.15, -0.1) is 12.4 Å². The van der Waals surface area contributed by atoms with Crippen molar-refractivity contribution in [1.82, 2.24) is 5.32 Å². The fraction of sp³-hybridized carbons (Fsp3) is 0.500. The quantitative estimate of drug-likeness (QED) is 0.926. The molecule has 0 aliphatic carbocycles. The zero-order valence-corrected chi connectivity index (χ0v) is 11.7. The van der Waals surface area contributed by atoms with E-state index in [9.17, 15) is 0 Å². The Morgan fingerprint density at radius 1 is 1.50 bits per heavy atom. The predicted octanol–water partition coefficient (Wildman–Crippen LogP) is 3.17. The summed E-state index contributed by atoms with van der Waals surface area (Å²) in [6.45, 7) is 4.20. The first kappa shape index (κ1) is 13.8. The summed E-state index contributed by atoms with van der Waals surface area (Å²) in [5.74, 6) is 1.04. The topological polar surface area (TPSA) is 21.3 Å². The van der Waals surface area contributed by atoms with Crippen LogP contribution in [0.4, 0.5) is 0 Å². The van der Waals surface area contributed by atoms with Crippen molar-refractivity contribution in [3.63, 3.8) is 0 Å². The molecule has 2 rings (SSSR count). The van der Waals surface area contributed by atoms with Gasteiger partial charge in [-0.3, -0.25) is 0 Å². The molecule has 1 N–H and O–H groups in total. The number of aryl methyl sites for hydroxylation is 1. The van der Waals surface area contributed by atoms with Gasteiger partial charge in [-0.2, -0.15) is 0 Å². The van der Waals surface area contributed by atoms with Crippen molar-refractivity contribution < 1.29 is 4.74 Å². The van der Waals surface area contributed by atoms with Crippen LogP contribution in [0.1, 0.15) is 18.9 Å². The normalized spacial score (nSPS) is 19.2. The molecule has 1 aromatic rings. The summed E-state index contributed by atoms with van der Waals surface area (Å²) in [7, 11) is 0. The molecule has 1 atom stereocenters. The molecule has 16 heavy (non-hydrogen) atoms. The summed E-state index contributed by atoms with van der Waals surface area (Å²) in [6.07, 6.45) is 2.46. The maximum atomic E-state index is 5.97. The Bertz CT molecular complexity index is 340. The Morgan fingerprint density at radius 2 is 2.31 bits per heavy atom. The number of hydrogen-bond acceptors (Lipinski definition) is 2. The van der Waals surface area contributed by atoms with E-state index in [1.807, 2.05) is 6.07 Å². The van der Waals surface area contributed by atoms with Crippen LogP contribution in [0.5, 0.6) is 5.75 Å². The third-order valence-corrected chi connectivity index (χ3v) is 3.21. The van der Waals surface area contributed by atoms with E-state index in [4.69, 9.17) is 4.74 Å². The van der Waals surface area contributed by atoms with Crippen LogP contribution in [0.3, 0.4) is 0 Å². The lowest BCUT2D eigenvalue weighted by atomic mass is 10.1. The highest BCUT2D eigenvalue weighted by Crippen LogP contribution is 2.25. The molecule has 0 aromatic heterocycles. The number of halogens is 2. The molecule has 4 heteroatoms. The van der Waals surface area contributed by atoms with E-state index in [-0.39, 0.29) is 12.4 Å². The molecule has 1 aromatic carbocycles. The third-order valence-electron chi connectivity index (χ3n) is 2.71. The highest BCUT2D eigenvalue weighted by Gasteiger charge is 2.16. The smallest absolute Gasteiger partial charge is 0.123 e. The lowest BCUT2D eigenvalue weighted by molar-refractivity contribution is 0.221. The first-order valence-corrected chi connectivity index (χ1v) is 6.24. The van der Waals surface area contributed by atoms with Crippen molar-refractivity contribution >= 4 is 28.3 Å². The van der Waals surface area contributed by atoms with Crippen LogP contribution in [-0.4, -0.2) is 19.2 Å². The fourth-order valence-electron chi connectivity index (χ4n) is 1.85. The van der Waals surface area contributed by atoms with E-state index < -0.39 is 0 Å². The summed E-state index contributed by atoms with van der Waals surface area (Å²) in [6, 6.07) is 6.23. The number of rotatable bonds is 3. The van der Waals surface area contributed by atoms with Crippen molar-refractivity contribution in [2.45, 2.75) is 25.9 Å². The zero-order valence-electron chi connectivity index (χ0n) is 9.33. The molecule has 0 bridgehead atoms. The van der Waals surface area contributed by atoms with Crippen molar-refractivity contribution in [3.05, 3.63) is 28.2 Å². The Balaban J connectivity index is 0.00000128. The van der Waals surface area contributed by atoms with Crippen molar-refractivity contribution in [1.29, 1.82) is 0 Å². The number of ether oxygens (including phenoxy) is 1. The van der Waals surface area contributed by atoms with Gasteiger partial charge in [-0.25, -0.2) is 0 Å². The minimum Gasteiger partial charge on any atom is -0.489 e. The zero-order chi connectivity index (χ0) is 10.7. The molecule has 1 aliphatic heterocycles. The Kier molecular flexibility index (Phi) is 5.59. The standard InChI is InChI=1S/C12H16BrNO.ClH/c1-2-9-7-10(13)3-4-12(9)15-11-5-6-14-8-11;/h3-4,7,11,14H,2,5-6,8H2,1H3;1H. The van der Waals surface area contributed by atoms with Crippen LogP contribution >= 0.6 is 28.3 Å². The van der Waals surface area contributed by atoms with Gasteiger partial charge in [-0.1, -0.05) is 22.9 Å². The predicted molar refractivity (Wildman–Crippen MR) is 72.7 cm³/mol. The summed E-state index contributed by atoms with van der Waals surface area (Å²) in [4.78, 5) is 0. The van der Waals surface area contributed by atoms with Gasteiger partial charge < -0.3 is 10.1 Å². The second-order valence-corrected chi connectivity index (χ2v) is 4.75. The lowest BCUT2D eigenvalue weighted by Crippen LogP contribution is -2.20. The van der Waals surface area contributed by atoms with E-state index in [1.165, 1.54) is 5.56 Å². The molecule has 2 nitrogen and oxygen atoms in total. The second kappa shape index (κ2) is 6.48. The largest absolute Gasteiger partial charge is 0.489 e. The number of nitrogens with one attached hydrogen (secondary N) is 1. The van der Waals surface area contributed by atoms with Gasteiger partial charge >= 0.3 is 0 Å². The van der Waals surface area contributed by atoms with Crippen LogP contribution in [0.2, 0.25) is 0 Å². The van der Waals surface area contributed by atoms with Gasteiger partial charge in [0.25, 0.3) is 0 Å². The number of hydrogen-bond donors (Lipinski definition) is 1. The number of benzene rings is 1. The Hall–Kier alpha value is -0.250. The minimum atomic E-state index is 0. The van der Waals surface area contributed by atoms with Crippen molar-refractivity contribution in [3.8, 4) is 5.75 Å². The molecule has 90 valence electrons. The van der Waals surface area contributed by atoms with Crippen LogP contribution in [-0.2, 0) is 6.42 Å². The van der Waals surface area contributed by atoms with Gasteiger partial charge in [0.05, 0.1) is 0 Å². The molecule has 0 amide bonds. The minimum absolute atomic E-state index is 0. The average Bonchev–Trinajstić information content (AvgIpc) is 2.73. The van der Waals surface area contributed by atoms with Crippen LogP contribution in [0, 0.1) is 0 Å². The van der Waals surface area contributed by atoms with Gasteiger partial charge in [0.15, 0.2) is 0 Å². The molecule has 1 fully saturated rings. The van der Waals surface area contributed by atoms with Gasteiger partial charge in [0.2, 0.25) is 0 Å². The van der Waals surface area contributed by atoms with Crippen LogP contribution in [0.15, 0.2) is 22.7 Å². The molecule has 1 unspecified atom stereocenters. The van der Waals surface area contributed by atoms with Gasteiger partial charge in [0.1, 0.15) is 11.9 Å². The van der Waals surface area contributed by atoms with Crippen LogP contribution < -0.4 is 10.1 Å². The molecule has 0 spiro atoms. The molecule has 0 saturated carbocycles. The lowest BCUT2D eigenvalue weighted by Gasteiger charge is -2.15. The van der Waals surface area contributed by atoms with E-state index in [1.54, 1.807) is 0 Å². The maximum absolute atomic E-state index is 5.97. The van der Waals surface area contributed by atoms with E-state index in [0.717, 1.165) is 36.2 Å². The third kappa shape index (κ3) is 3.37. The molecular formula is C12H17BrClNO. The molecular weight excluding hydrogens is 289 g/mol. The monoisotopic (exact) mass is 305 g/mol. The van der Waals surface area contributed by atoms with Gasteiger partial charge in [-0.05, 0) is 43.1 Å². The Morgan fingerprint density at radius 3 is 2.94 bits per heavy atom. The van der Waals surface area contributed by atoms with E-state index in [2.05, 4.69) is 40.3 Å². The fourth-order valence-corrected chi connectivity index (χ4v) is 2.26. The average molecular weight is 307 g/mol. The van der Waals surface area contributed by atoms with Crippen molar-refractivity contribution in [2.24, 2.45) is 0 Å². The van der Waals surface area contributed by atoms with E-state index in [0.29, 0.717) is 6.10 Å². The van der Waals surface area contributed by atoms with E-state index >= 15 is 0 Å². The van der Waals surface area contributed by atoms with Crippen molar-refractivity contribution in [2.75, 3.05) is 13.1 Å². The summed E-state index contributed by atoms with van der Waals surface area (Å²) in [5.41, 5.74) is 1.27. The molecule has 1 aliphatic rings. The molecule has 1 heterocycles. The molecule has 0 radical (unpaired) electrons.